The van der Waals surface area contributed by atoms with E-state index in [0.717, 1.165) is 10.5 Å². The Bertz CT molecular complexity index is 1650. The molecule has 0 fully saturated rings. The quantitative estimate of drug-likeness (QED) is 0.0985. The molecule has 222 valence electrons. The lowest BCUT2D eigenvalue weighted by Crippen LogP contribution is -2.44. The maximum absolute atomic E-state index is 13.2. The Labute approximate surface area is 247 Å². The molecule has 0 aliphatic rings. The summed E-state index contributed by atoms with van der Waals surface area (Å²) in [6, 6.07) is 17.0. The second kappa shape index (κ2) is 13.9. The van der Waals surface area contributed by atoms with Gasteiger partial charge in [-0.15, -0.1) is 0 Å². The van der Waals surface area contributed by atoms with Gasteiger partial charge in [0.1, 0.15) is 30.5 Å². The lowest BCUT2D eigenvalue weighted by atomic mass is 10.0. The van der Waals surface area contributed by atoms with Gasteiger partial charge in [-0.05, 0) is 43.2 Å². The van der Waals surface area contributed by atoms with E-state index in [9.17, 15) is 19.2 Å². The molecule has 0 bridgehead atoms. The van der Waals surface area contributed by atoms with Crippen molar-refractivity contribution in [1.29, 1.82) is 5.41 Å². The monoisotopic (exact) mass is 584 g/mol. The van der Waals surface area contributed by atoms with Crippen molar-refractivity contribution in [2.75, 3.05) is 24.6 Å². The average Bonchev–Trinajstić information content (AvgIpc) is 3.33. The normalized spacial score (nSPS) is 10.7. The molecule has 0 saturated carbocycles. The van der Waals surface area contributed by atoms with Crippen molar-refractivity contribution in [3.8, 4) is 5.75 Å². The second-order valence-corrected chi connectivity index (χ2v) is 9.59. The molecule has 4 rings (SSSR count). The van der Waals surface area contributed by atoms with Crippen LogP contribution in [0.2, 0.25) is 0 Å². The minimum absolute atomic E-state index is 0.00981. The number of benzene rings is 2. The number of carbonyl (C=O) groups is 4. The minimum atomic E-state index is -0.856. The van der Waals surface area contributed by atoms with E-state index in [2.05, 4.69) is 10.3 Å². The Hall–Kier alpha value is -5.52. The highest BCUT2D eigenvalue weighted by Crippen LogP contribution is 2.27. The van der Waals surface area contributed by atoms with Crippen LogP contribution in [-0.4, -0.2) is 58.8 Å². The number of Topliss-reactive ketones (excluding diaryl/α,β-unsaturated/α-hetero) is 1. The molecule has 2 aromatic carbocycles. The zero-order chi connectivity index (χ0) is 30.9. The molecule has 0 atom stereocenters. The van der Waals surface area contributed by atoms with Crippen LogP contribution >= 0.6 is 0 Å². The maximum Gasteiger partial charge on any atom is 0.421 e. The number of hydrogen-bond acceptors (Lipinski definition) is 8. The van der Waals surface area contributed by atoms with Gasteiger partial charge in [-0.2, -0.15) is 0 Å². The van der Waals surface area contributed by atoms with Crippen molar-refractivity contribution in [1.82, 2.24) is 14.9 Å². The fourth-order valence-electron chi connectivity index (χ4n) is 4.38. The molecule has 0 radical (unpaired) electrons. The van der Waals surface area contributed by atoms with E-state index in [4.69, 9.17) is 20.6 Å². The Balaban J connectivity index is 1.46. The summed E-state index contributed by atoms with van der Waals surface area (Å²) in [7, 11) is 1.79. The molecule has 4 N–H and O–H groups in total. The van der Waals surface area contributed by atoms with Crippen LogP contribution in [0.25, 0.3) is 10.9 Å². The number of fused-ring (bicyclic) bond motifs is 1. The number of nitrogens with two attached hydrogens (primary N) is 1. The Morgan fingerprint density at radius 1 is 1.07 bits per heavy atom. The maximum atomic E-state index is 13.2. The summed E-state index contributed by atoms with van der Waals surface area (Å²) in [6.07, 6.45) is 3.17. The van der Waals surface area contributed by atoms with Crippen LogP contribution in [0.1, 0.15) is 34.8 Å². The number of hydrogen-bond donors (Lipinski definition) is 3. The van der Waals surface area contributed by atoms with Crippen LogP contribution in [-0.2, 0) is 27.8 Å². The number of amides is 2. The third-order valence-electron chi connectivity index (χ3n) is 6.56. The number of nitrogens with zero attached hydrogens (tertiary/aromatic N) is 3. The number of nitrogens with one attached hydrogen (secondary N) is 2. The van der Waals surface area contributed by atoms with Gasteiger partial charge in [0.2, 0.25) is 5.91 Å². The van der Waals surface area contributed by atoms with Gasteiger partial charge in [0, 0.05) is 48.4 Å². The van der Waals surface area contributed by atoms with Gasteiger partial charge in [0.25, 0.3) is 0 Å². The standard InChI is InChI=1S/C31H32N6O6/c1-3-42-29(40)17-35-28(39)19-37(27-6-4-5-15-34-27)31(41)43-22-12-13-23-24(18-36(2)25(23)16-22)26(38)14-9-20-7-10-21(11-8-20)30(32)33/h4-8,10-13,15-16,18H,3,9,14,17,19H2,1-2H3,(H3,32,33)(H,35,39). The van der Waals surface area contributed by atoms with Crippen LogP contribution in [0.15, 0.2) is 73.1 Å². The van der Waals surface area contributed by atoms with Crippen molar-refractivity contribution >= 4 is 46.3 Å². The zero-order valence-electron chi connectivity index (χ0n) is 23.8. The van der Waals surface area contributed by atoms with Gasteiger partial charge >= 0.3 is 12.1 Å². The number of amidine groups is 1. The van der Waals surface area contributed by atoms with Crippen LogP contribution in [0.5, 0.6) is 5.75 Å². The van der Waals surface area contributed by atoms with Crippen molar-refractivity contribution in [2.24, 2.45) is 12.8 Å². The highest BCUT2D eigenvalue weighted by atomic mass is 16.6. The van der Waals surface area contributed by atoms with E-state index in [-0.39, 0.29) is 42.8 Å². The number of ether oxygens (including phenoxy) is 2. The number of anilines is 1. The molecule has 0 aliphatic heterocycles. The first-order chi connectivity index (χ1) is 20.7. The van der Waals surface area contributed by atoms with Gasteiger partial charge in [-0.25, -0.2) is 9.78 Å². The summed E-state index contributed by atoms with van der Waals surface area (Å²) in [6.45, 7) is 1.05. The zero-order valence-corrected chi connectivity index (χ0v) is 23.8. The molecule has 2 aromatic heterocycles. The van der Waals surface area contributed by atoms with Crippen molar-refractivity contribution < 1.29 is 28.7 Å². The van der Waals surface area contributed by atoms with E-state index in [1.54, 1.807) is 73.3 Å². The van der Waals surface area contributed by atoms with Gasteiger partial charge in [0.15, 0.2) is 5.78 Å². The number of pyridine rings is 1. The summed E-state index contributed by atoms with van der Waals surface area (Å²) in [5, 5.41) is 10.6. The molecule has 12 nitrogen and oxygen atoms in total. The molecule has 12 heteroatoms. The largest absolute Gasteiger partial charge is 0.465 e. The number of aryl methyl sites for hydroxylation is 2. The van der Waals surface area contributed by atoms with E-state index in [1.165, 1.54) is 6.20 Å². The highest BCUT2D eigenvalue weighted by molar-refractivity contribution is 6.08. The third-order valence-corrected chi connectivity index (χ3v) is 6.56. The lowest BCUT2D eigenvalue weighted by molar-refractivity contribution is -0.143. The first kappa shape index (κ1) is 30.4. The fourth-order valence-corrected chi connectivity index (χ4v) is 4.38. The Morgan fingerprint density at radius 3 is 2.51 bits per heavy atom. The number of aromatic nitrogens is 2. The van der Waals surface area contributed by atoms with Crippen LogP contribution in [0, 0.1) is 5.41 Å². The number of esters is 1. The third kappa shape index (κ3) is 7.82. The SMILES string of the molecule is CCOC(=O)CNC(=O)CN(C(=O)Oc1ccc2c(C(=O)CCc3ccc(C(=N)N)cc3)cn(C)c2c1)c1ccccn1. The number of rotatable bonds is 12. The minimum Gasteiger partial charge on any atom is -0.465 e. The molecular weight excluding hydrogens is 552 g/mol. The summed E-state index contributed by atoms with van der Waals surface area (Å²) >= 11 is 0. The van der Waals surface area contributed by atoms with Gasteiger partial charge < -0.3 is 25.1 Å². The molecule has 2 amide bonds. The summed E-state index contributed by atoms with van der Waals surface area (Å²) in [4.78, 5) is 55.7. The van der Waals surface area contributed by atoms with E-state index >= 15 is 0 Å². The molecule has 4 aromatic rings. The number of nitrogen functional groups attached to an aromatic ring is 1. The molecular formula is C31H32N6O6. The Morgan fingerprint density at radius 2 is 1.84 bits per heavy atom. The summed E-state index contributed by atoms with van der Waals surface area (Å²) < 4.78 is 12.2. The molecule has 43 heavy (non-hydrogen) atoms. The number of carbonyl (C=O) groups excluding carboxylic acids is 4. The molecule has 0 unspecified atom stereocenters. The van der Waals surface area contributed by atoms with Gasteiger partial charge in [0.05, 0.1) is 12.1 Å². The van der Waals surface area contributed by atoms with E-state index < -0.39 is 24.5 Å². The second-order valence-electron chi connectivity index (χ2n) is 9.59. The molecule has 0 saturated heterocycles. The van der Waals surface area contributed by atoms with Gasteiger partial charge in [-0.3, -0.25) is 24.7 Å². The van der Waals surface area contributed by atoms with Crippen molar-refractivity contribution in [2.45, 2.75) is 19.8 Å². The first-order valence-electron chi connectivity index (χ1n) is 13.5. The average molecular weight is 585 g/mol. The molecule has 0 aliphatic carbocycles. The van der Waals surface area contributed by atoms with Crippen LogP contribution in [0.3, 0.4) is 0 Å². The van der Waals surface area contributed by atoms with Crippen LogP contribution < -0.4 is 20.7 Å². The highest BCUT2D eigenvalue weighted by Gasteiger charge is 2.23. The van der Waals surface area contributed by atoms with E-state index in [1.807, 2.05) is 12.1 Å². The Kier molecular flexibility index (Phi) is 9.84. The molecule has 0 spiro atoms. The topological polar surface area (TPSA) is 170 Å². The van der Waals surface area contributed by atoms with Crippen LogP contribution in [0.4, 0.5) is 10.6 Å². The van der Waals surface area contributed by atoms with E-state index in [0.29, 0.717) is 28.5 Å². The van der Waals surface area contributed by atoms with Crippen molar-refractivity contribution in [3.05, 3.63) is 89.7 Å². The lowest BCUT2D eigenvalue weighted by Gasteiger charge is -2.20. The number of ketones is 1. The first-order valence-corrected chi connectivity index (χ1v) is 13.5. The summed E-state index contributed by atoms with van der Waals surface area (Å²) in [5.41, 5.74) is 8.31. The predicted molar refractivity (Wildman–Crippen MR) is 160 cm³/mol. The van der Waals surface area contributed by atoms with Gasteiger partial charge in [-0.1, -0.05) is 30.3 Å². The van der Waals surface area contributed by atoms with Crippen molar-refractivity contribution in [3.63, 3.8) is 0 Å². The predicted octanol–water partition coefficient (Wildman–Crippen LogP) is 3.36. The molecule has 2 heterocycles. The smallest absolute Gasteiger partial charge is 0.421 e. The fraction of sp³-hybridized carbons (Fsp3) is 0.226. The summed E-state index contributed by atoms with van der Waals surface area (Å²) in [5.74, 6) is -0.865.